The summed E-state index contributed by atoms with van der Waals surface area (Å²) in [4.78, 5) is 8.00. The van der Waals surface area contributed by atoms with Crippen LogP contribution >= 0.6 is 11.6 Å². The van der Waals surface area contributed by atoms with Crippen molar-refractivity contribution < 1.29 is 26.0 Å². The maximum absolute atomic E-state index is 13.8. The standard InChI is InChI=1S/C20H13ClF4N4O2S/c1-2-32(30,31)16-5-12(8-27-19(16)11-3-14(21)6-15(22)4-11)13-9-26-18-7-17(20(23,24)25)28-29(18)10-13/h3-10H,2H2,1H3. The Morgan fingerprint density at radius 2 is 1.72 bits per heavy atom. The molecule has 0 amide bonds. The molecule has 6 nitrogen and oxygen atoms in total. The van der Waals surface area contributed by atoms with Gasteiger partial charge in [-0.2, -0.15) is 18.3 Å². The first-order valence-electron chi connectivity index (χ1n) is 9.10. The van der Waals surface area contributed by atoms with Crippen LogP contribution in [-0.4, -0.2) is 33.8 Å². The van der Waals surface area contributed by atoms with Crippen molar-refractivity contribution in [1.82, 2.24) is 19.6 Å². The smallest absolute Gasteiger partial charge is 0.254 e. The predicted octanol–water partition coefficient (Wildman–Crippen LogP) is 5.06. The maximum Gasteiger partial charge on any atom is 0.435 e. The molecule has 0 fully saturated rings. The van der Waals surface area contributed by atoms with Gasteiger partial charge in [-0.1, -0.05) is 18.5 Å². The van der Waals surface area contributed by atoms with Crippen LogP contribution in [-0.2, 0) is 16.0 Å². The van der Waals surface area contributed by atoms with Crippen LogP contribution < -0.4 is 0 Å². The molecule has 166 valence electrons. The minimum absolute atomic E-state index is 0.00415. The van der Waals surface area contributed by atoms with Crippen molar-refractivity contribution in [2.75, 3.05) is 5.75 Å². The van der Waals surface area contributed by atoms with Crippen molar-refractivity contribution in [3.8, 4) is 22.4 Å². The van der Waals surface area contributed by atoms with E-state index in [1.54, 1.807) is 0 Å². The van der Waals surface area contributed by atoms with Crippen LogP contribution in [0.2, 0.25) is 5.02 Å². The third-order valence-corrected chi connectivity index (χ3v) is 6.60. The number of hydrogen-bond donors (Lipinski definition) is 0. The fraction of sp³-hybridized carbons (Fsp3) is 0.150. The molecule has 0 N–H and O–H groups in total. The van der Waals surface area contributed by atoms with E-state index < -0.39 is 27.5 Å². The number of benzene rings is 1. The summed E-state index contributed by atoms with van der Waals surface area (Å²) in [5.74, 6) is -0.911. The van der Waals surface area contributed by atoms with Crippen LogP contribution in [0.15, 0.2) is 53.8 Å². The third kappa shape index (κ3) is 4.17. The highest BCUT2D eigenvalue weighted by molar-refractivity contribution is 7.91. The van der Waals surface area contributed by atoms with Crippen molar-refractivity contribution in [2.45, 2.75) is 18.0 Å². The molecule has 0 spiro atoms. The van der Waals surface area contributed by atoms with Crippen LogP contribution in [0.3, 0.4) is 0 Å². The zero-order valence-electron chi connectivity index (χ0n) is 16.2. The highest BCUT2D eigenvalue weighted by atomic mass is 35.5. The Morgan fingerprint density at radius 3 is 2.38 bits per heavy atom. The largest absolute Gasteiger partial charge is 0.435 e. The molecule has 0 aliphatic heterocycles. The summed E-state index contributed by atoms with van der Waals surface area (Å²) in [7, 11) is -3.81. The highest BCUT2D eigenvalue weighted by Gasteiger charge is 2.34. The van der Waals surface area contributed by atoms with Crippen LogP contribution in [0, 0.1) is 5.82 Å². The Balaban J connectivity index is 1.88. The molecule has 4 aromatic rings. The lowest BCUT2D eigenvalue weighted by molar-refractivity contribution is -0.141. The fourth-order valence-electron chi connectivity index (χ4n) is 3.07. The number of rotatable bonds is 4. The molecular formula is C20H13ClF4N4O2S. The van der Waals surface area contributed by atoms with Crippen LogP contribution in [0.1, 0.15) is 12.6 Å². The van der Waals surface area contributed by atoms with Crippen molar-refractivity contribution in [3.05, 3.63) is 65.5 Å². The lowest BCUT2D eigenvalue weighted by atomic mass is 10.1. The normalized spacial score (nSPS) is 12.4. The minimum atomic E-state index is -4.63. The topological polar surface area (TPSA) is 77.2 Å². The van der Waals surface area contributed by atoms with E-state index in [2.05, 4.69) is 15.1 Å². The first kappa shape index (κ1) is 22.2. The van der Waals surface area contributed by atoms with Gasteiger partial charge in [-0.15, -0.1) is 0 Å². The van der Waals surface area contributed by atoms with Crippen molar-refractivity contribution >= 4 is 27.1 Å². The number of alkyl halides is 3. The maximum atomic E-state index is 13.8. The van der Waals surface area contributed by atoms with Gasteiger partial charge < -0.3 is 0 Å². The number of aromatic nitrogens is 4. The average Bonchev–Trinajstić information content (AvgIpc) is 3.16. The van der Waals surface area contributed by atoms with E-state index >= 15 is 0 Å². The van der Waals surface area contributed by atoms with Crippen molar-refractivity contribution in [1.29, 1.82) is 0 Å². The lowest BCUT2D eigenvalue weighted by Crippen LogP contribution is -2.08. The van der Waals surface area contributed by atoms with Gasteiger partial charge in [0.1, 0.15) is 5.82 Å². The van der Waals surface area contributed by atoms with E-state index in [1.807, 2.05) is 0 Å². The van der Waals surface area contributed by atoms with Gasteiger partial charge in [0, 0.05) is 46.4 Å². The second-order valence-corrected chi connectivity index (χ2v) is 9.49. The first-order chi connectivity index (χ1) is 15.0. The lowest BCUT2D eigenvalue weighted by Gasteiger charge is -2.12. The molecule has 0 radical (unpaired) electrons. The predicted molar refractivity (Wildman–Crippen MR) is 109 cm³/mol. The number of pyridine rings is 1. The summed E-state index contributed by atoms with van der Waals surface area (Å²) in [6, 6.07) is 5.69. The van der Waals surface area contributed by atoms with Crippen LogP contribution in [0.4, 0.5) is 17.6 Å². The number of sulfone groups is 1. The summed E-state index contributed by atoms with van der Waals surface area (Å²) in [6.45, 7) is 1.44. The second-order valence-electron chi connectivity index (χ2n) is 6.81. The molecule has 0 bridgehead atoms. The van der Waals surface area contributed by atoms with Gasteiger partial charge in [0.25, 0.3) is 0 Å². The third-order valence-electron chi connectivity index (χ3n) is 4.64. The van der Waals surface area contributed by atoms with E-state index in [9.17, 15) is 26.0 Å². The Kier molecular flexibility index (Phi) is 5.41. The summed E-state index contributed by atoms with van der Waals surface area (Å²) >= 11 is 5.90. The Hall–Kier alpha value is -3.05. The molecule has 0 atom stereocenters. The van der Waals surface area contributed by atoms with E-state index in [4.69, 9.17) is 11.6 Å². The summed E-state index contributed by atoms with van der Waals surface area (Å²) < 4.78 is 79.0. The first-order valence-corrected chi connectivity index (χ1v) is 11.1. The number of fused-ring (bicyclic) bond motifs is 1. The molecule has 12 heteroatoms. The molecule has 0 aliphatic carbocycles. The van der Waals surface area contributed by atoms with Gasteiger partial charge in [-0.05, 0) is 24.3 Å². The van der Waals surface area contributed by atoms with Gasteiger partial charge >= 0.3 is 6.18 Å². The van der Waals surface area contributed by atoms with Gasteiger partial charge in [0.15, 0.2) is 21.2 Å². The molecule has 0 saturated heterocycles. The van der Waals surface area contributed by atoms with Gasteiger partial charge in [-0.25, -0.2) is 22.3 Å². The average molecular weight is 485 g/mol. The van der Waals surface area contributed by atoms with E-state index in [-0.39, 0.29) is 38.1 Å². The SMILES string of the molecule is CCS(=O)(=O)c1cc(-c2cnc3cc(C(F)(F)F)nn3c2)cnc1-c1cc(F)cc(Cl)c1. The summed E-state index contributed by atoms with van der Waals surface area (Å²) in [6.07, 6.45) is -0.740. The summed E-state index contributed by atoms with van der Waals surface area (Å²) in [5.41, 5.74) is -0.386. The molecule has 3 heterocycles. The molecule has 0 aliphatic rings. The molecule has 4 rings (SSSR count). The van der Waals surface area contributed by atoms with Crippen LogP contribution in [0.5, 0.6) is 0 Å². The van der Waals surface area contributed by atoms with Gasteiger partial charge in [0.05, 0.1) is 16.3 Å². The Bertz CT molecular complexity index is 1430. The monoisotopic (exact) mass is 484 g/mol. The number of halogens is 5. The van der Waals surface area contributed by atoms with E-state index in [1.165, 1.54) is 37.6 Å². The molecule has 0 saturated carbocycles. The number of hydrogen-bond acceptors (Lipinski definition) is 5. The Morgan fingerprint density at radius 1 is 1.00 bits per heavy atom. The van der Waals surface area contributed by atoms with Crippen LogP contribution in [0.25, 0.3) is 28.0 Å². The number of nitrogens with zero attached hydrogens (tertiary/aromatic N) is 4. The molecule has 1 aromatic carbocycles. The molecular weight excluding hydrogens is 472 g/mol. The minimum Gasteiger partial charge on any atom is -0.254 e. The second kappa shape index (κ2) is 7.82. The Labute approximate surface area is 184 Å². The van der Waals surface area contributed by atoms with E-state index in [0.717, 1.165) is 22.7 Å². The van der Waals surface area contributed by atoms with Crippen molar-refractivity contribution in [2.24, 2.45) is 0 Å². The van der Waals surface area contributed by atoms with Crippen molar-refractivity contribution in [3.63, 3.8) is 0 Å². The fourth-order valence-corrected chi connectivity index (χ4v) is 4.37. The summed E-state index contributed by atoms with van der Waals surface area (Å²) in [5, 5.41) is 3.55. The quantitative estimate of drug-likeness (QED) is 0.378. The zero-order valence-corrected chi connectivity index (χ0v) is 17.8. The van der Waals surface area contributed by atoms with Gasteiger partial charge in [-0.3, -0.25) is 4.98 Å². The molecule has 3 aromatic heterocycles. The highest BCUT2D eigenvalue weighted by Crippen LogP contribution is 2.33. The zero-order chi connectivity index (χ0) is 23.3. The van der Waals surface area contributed by atoms with Gasteiger partial charge in [0.2, 0.25) is 0 Å². The molecule has 32 heavy (non-hydrogen) atoms. The molecule has 0 unspecified atom stereocenters. The van der Waals surface area contributed by atoms with E-state index in [0.29, 0.717) is 5.56 Å².